The van der Waals surface area contributed by atoms with Crippen LogP contribution in [0.1, 0.15) is 26.8 Å². The average molecular weight is 167 g/mol. The second-order valence-corrected chi connectivity index (χ2v) is 4.10. The quantitative estimate of drug-likeness (QED) is 0.724. The molecular weight excluding hydrogens is 150 g/mol. The van der Waals surface area contributed by atoms with Crippen molar-refractivity contribution in [3.63, 3.8) is 0 Å². The van der Waals surface area contributed by atoms with Gasteiger partial charge < -0.3 is 5.73 Å². The zero-order valence-corrected chi connectivity index (χ0v) is 7.99. The lowest BCUT2D eigenvalue weighted by molar-refractivity contribution is 0.231. The van der Waals surface area contributed by atoms with Crippen LogP contribution in [0.3, 0.4) is 0 Å². The summed E-state index contributed by atoms with van der Waals surface area (Å²) in [5, 5.41) is 4.19. The fraction of sp³-hybridized carbons (Fsp3) is 0.667. The summed E-state index contributed by atoms with van der Waals surface area (Å²) in [6.07, 6.45) is 3.75. The molecular formula is C9H17N3. The third-order valence-corrected chi connectivity index (χ3v) is 2.07. The molecule has 0 saturated carbocycles. The average Bonchev–Trinajstić information content (AvgIpc) is 2.38. The normalized spacial score (nSPS) is 14.7. The highest BCUT2D eigenvalue weighted by molar-refractivity contribution is 4.86. The molecule has 1 atom stereocenters. The van der Waals surface area contributed by atoms with E-state index in [1.165, 1.54) is 0 Å². The van der Waals surface area contributed by atoms with E-state index in [4.69, 9.17) is 5.73 Å². The van der Waals surface area contributed by atoms with Gasteiger partial charge in [0.1, 0.15) is 0 Å². The van der Waals surface area contributed by atoms with E-state index in [1.807, 2.05) is 16.9 Å². The van der Waals surface area contributed by atoms with Gasteiger partial charge in [0.2, 0.25) is 0 Å². The summed E-state index contributed by atoms with van der Waals surface area (Å²) in [6, 6.07) is 2.21. The van der Waals surface area contributed by atoms with Crippen molar-refractivity contribution in [1.82, 2.24) is 9.78 Å². The van der Waals surface area contributed by atoms with Crippen molar-refractivity contribution < 1.29 is 0 Å². The third-order valence-electron chi connectivity index (χ3n) is 2.07. The Bertz CT molecular complexity index is 220. The molecule has 0 aromatic carbocycles. The molecule has 1 aromatic rings. The van der Waals surface area contributed by atoms with Crippen LogP contribution < -0.4 is 5.73 Å². The molecule has 0 radical (unpaired) electrons. The highest BCUT2D eigenvalue weighted by Gasteiger charge is 2.24. The maximum Gasteiger partial charge on any atom is 0.0689 e. The highest BCUT2D eigenvalue weighted by atomic mass is 15.3. The van der Waals surface area contributed by atoms with E-state index in [0.717, 1.165) is 0 Å². The van der Waals surface area contributed by atoms with Crippen molar-refractivity contribution in [2.24, 2.45) is 11.1 Å². The van der Waals surface area contributed by atoms with Crippen molar-refractivity contribution in [3.05, 3.63) is 18.5 Å². The minimum absolute atomic E-state index is 0.167. The van der Waals surface area contributed by atoms with Crippen molar-refractivity contribution in [2.45, 2.75) is 26.8 Å². The van der Waals surface area contributed by atoms with Crippen LogP contribution in [0.4, 0.5) is 0 Å². The van der Waals surface area contributed by atoms with E-state index in [1.54, 1.807) is 6.20 Å². The van der Waals surface area contributed by atoms with Gasteiger partial charge in [0.05, 0.1) is 6.04 Å². The van der Waals surface area contributed by atoms with Crippen LogP contribution >= 0.6 is 0 Å². The molecule has 1 aromatic heterocycles. The van der Waals surface area contributed by atoms with Crippen LogP contribution in [0.5, 0.6) is 0 Å². The summed E-state index contributed by atoms with van der Waals surface area (Å²) < 4.78 is 1.93. The summed E-state index contributed by atoms with van der Waals surface area (Å²) in [5.41, 5.74) is 5.86. The summed E-state index contributed by atoms with van der Waals surface area (Å²) >= 11 is 0. The first kappa shape index (κ1) is 9.26. The van der Waals surface area contributed by atoms with Gasteiger partial charge in [-0.2, -0.15) is 5.10 Å². The molecule has 12 heavy (non-hydrogen) atoms. The van der Waals surface area contributed by atoms with Gasteiger partial charge in [0.15, 0.2) is 0 Å². The van der Waals surface area contributed by atoms with Crippen LogP contribution in [-0.2, 0) is 0 Å². The molecule has 1 unspecified atom stereocenters. The Labute approximate surface area is 73.6 Å². The number of hydrogen-bond donors (Lipinski definition) is 1. The summed E-state index contributed by atoms with van der Waals surface area (Å²) in [6.45, 7) is 7.15. The summed E-state index contributed by atoms with van der Waals surface area (Å²) in [5.74, 6) is 0. The molecule has 3 heteroatoms. The first-order valence-corrected chi connectivity index (χ1v) is 4.25. The molecule has 0 aliphatic carbocycles. The van der Waals surface area contributed by atoms with E-state index in [0.29, 0.717) is 6.54 Å². The molecule has 0 aliphatic rings. The van der Waals surface area contributed by atoms with Gasteiger partial charge in [-0.1, -0.05) is 20.8 Å². The minimum atomic E-state index is 0.167. The zero-order valence-electron chi connectivity index (χ0n) is 7.99. The van der Waals surface area contributed by atoms with Crippen molar-refractivity contribution in [2.75, 3.05) is 6.54 Å². The van der Waals surface area contributed by atoms with Crippen LogP contribution in [-0.4, -0.2) is 16.3 Å². The fourth-order valence-corrected chi connectivity index (χ4v) is 1.32. The van der Waals surface area contributed by atoms with E-state index >= 15 is 0 Å². The Morgan fingerprint density at radius 2 is 2.17 bits per heavy atom. The Hall–Kier alpha value is -0.830. The number of hydrogen-bond acceptors (Lipinski definition) is 2. The van der Waals surface area contributed by atoms with Crippen molar-refractivity contribution in [1.29, 1.82) is 0 Å². The molecule has 0 saturated heterocycles. The maximum absolute atomic E-state index is 5.69. The van der Waals surface area contributed by atoms with Crippen LogP contribution in [0.2, 0.25) is 0 Å². The standard InChI is InChI=1S/C9H17N3/c1-9(2,3)8(7-10)12-6-4-5-11-12/h4-6,8H,7,10H2,1-3H3. The molecule has 0 amide bonds. The highest BCUT2D eigenvalue weighted by Crippen LogP contribution is 2.28. The van der Waals surface area contributed by atoms with E-state index in [9.17, 15) is 0 Å². The molecule has 68 valence electrons. The molecule has 3 nitrogen and oxygen atoms in total. The molecule has 0 fully saturated rings. The first-order chi connectivity index (χ1) is 5.55. The van der Waals surface area contributed by atoms with Crippen LogP contribution in [0, 0.1) is 5.41 Å². The second-order valence-electron chi connectivity index (χ2n) is 4.10. The Balaban J connectivity index is 2.84. The monoisotopic (exact) mass is 167 g/mol. The van der Waals surface area contributed by atoms with Gasteiger partial charge in [-0.3, -0.25) is 4.68 Å². The molecule has 0 spiro atoms. The second kappa shape index (κ2) is 3.27. The molecule has 1 rings (SSSR count). The minimum Gasteiger partial charge on any atom is -0.328 e. The van der Waals surface area contributed by atoms with Crippen molar-refractivity contribution in [3.8, 4) is 0 Å². The van der Waals surface area contributed by atoms with Gasteiger partial charge >= 0.3 is 0 Å². The number of nitrogens with zero attached hydrogens (tertiary/aromatic N) is 2. The van der Waals surface area contributed by atoms with Gasteiger partial charge in [-0.25, -0.2) is 0 Å². The van der Waals surface area contributed by atoms with Gasteiger partial charge in [-0.15, -0.1) is 0 Å². The van der Waals surface area contributed by atoms with E-state index in [2.05, 4.69) is 25.9 Å². The first-order valence-electron chi connectivity index (χ1n) is 4.25. The van der Waals surface area contributed by atoms with Crippen LogP contribution in [0.15, 0.2) is 18.5 Å². The molecule has 0 bridgehead atoms. The van der Waals surface area contributed by atoms with Crippen molar-refractivity contribution >= 4 is 0 Å². The summed E-state index contributed by atoms with van der Waals surface area (Å²) in [4.78, 5) is 0. The molecule has 0 aliphatic heterocycles. The van der Waals surface area contributed by atoms with E-state index < -0.39 is 0 Å². The predicted molar refractivity (Wildman–Crippen MR) is 49.8 cm³/mol. The van der Waals surface area contributed by atoms with Gasteiger partial charge in [0.25, 0.3) is 0 Å². The van der Waals surface area contributed by atoms with E-state index in [-0.39, 0.29) is 11.5 Å². The lowest BCUT2D eigenvalue weighted by Crippen LogP contribution is -2.31. The number of nitrogens with two attached hydrogens (primary N) is 1. The lowest BCUT2D eigenvalue weighted by Gasteiger charge is -2.29. The molecule has 2 N–H and O–H groups in total. The van der Waals surface area contributed by atoms with Gasteiger partial charge in [0, 0.05) is 18.9 Å². The summed E-state index contributed by atoms with van der Waals surface area (Å²) in [7, 11) is 0. The Morgan fingerprint density at radius 1 is 1.50 bits per heavy atom. The fourth-order valence-electron chi connectivity index (χ4n) is 1.32. The lowest BCUT2D eigenvalue weighted by atomic mass is 9.87. The Kier molecular flexibility index (Phi) is 2.52. The smallest absolute Gasteiger partial charge is 0.0689 e. The predicted octanol–water partition coefficient (Wildman–Crippen LogP) is 1.43. The largest absolute Gasteiger partial charge is 0.328 e. The SMILES string of the molecule is CC(C)(C)C(CN)n1cccn1. The number of rotatable bonds is 2. The molecule has 1 heterocycles. The Morgan fingerprint density at radius 3 is 2.50 bits per heavy atom. The zero-order chi connectivity index (χ0) is 9.19. The number of aromatic nitrogens is 2. The topological polar surface area (TPSA) is 43.8 Å². The maximum atomic E-state index is 5.69. The third kappa shape index (κ3) is 1.85. The van der Waals surface area contributed by atoms with Gasteiger partial charge in [-0.05, 0) is 11.5 Å². The van der Waals surface area contributed by atoms with Crippen LogP contribution in [0.25, 0.3) is 0 Å².